The zero-order valence-electron chi connectivity index (χ0n) is 18.9. The van der Waals surface area contributed by atoms with Crippen LogP contribution in [0.2, 0.25) is 0 Å². The lowest BCUT2D eigenvalue weighted by atomic mass is 9.80. The molecule has 4 nitrogen and oxygen atoms in total. The number of hydrogen-bond donors (Lipinski definition) is 2. The largest absolute Gasteiger partial charge is 0.489 e. The third-order valence-corrected chi connectivity index (χ3v) is 6.55. The van der Waals surface area contributed by atoms with Crippen LogP contribution < -0.4 is 9.47 Å². The summed E-state index contributed by atoms with van der Waals surface area (Å²) in [5.74, 6) is 1.65. The van der Waals surface area contributed by atoms with Crippen LogP contribution in [0.4, 0.5) is 0 Å². The molecule has 0 saturated carbocycles. The third kappa shape index (κ3) is 4.77. The molecule has 32 heavy (non-hydrogen) atoms. The second kappa shape index (κ2) is 10.4. The third-order valence-electron chi connectivity index (χ3n) is 6.55. The molecule has 4 rings (SSSR count). The van der Waals surface area contributed by atoms with Crippen molar-refractivity contribution in [1.29, 1.82) is 0 Å². The fourth-order valence-corrected chi connectivity index (χ4v) is 4.85. The highest BCUT2D eigenvalue weighted by Crippen LogP contribution is 2.47. The van der Waals surface area contributed by atoms with Crippen molar-refractivity contribution >= 4 is 0 Å². The van der Waals surface area contributed by atoms with Crippen molar-refractivity contribution in [2.45, 2.75) is 51.4 Å². The summed E-state index contributed by atoms with van der Waals surface area (Å²) in [5, 5.41) is 18.8. The molecule has 0 radical (unpaired) electrons. The molecule has 4 heteroatoms. The lowest BCUT2D eigenvalue weighted by Gasteiger charge is -2.28. The summed E-state index contributed by atoms with van der Waals surface area (Å²) in [6.07, 6.45) is 8.96. The van der Waals surface area contributed by atoms with Gasteiger partial charge in [0.25, 0.3) is 0 Å². The van der Waals surface area contributed by atoms with E-state index < -0.39 is 0 Å². The number of fused-ring (bicyclic) bond motifs is 2. The van der Waals surface area contributed by atoms with Crippen LogP contribution in [-0.2, 0) is 25.7 Å². The van der Waals surface area contributed by atoms with Gasteiger partial charge in [0.2, 0.25) is 0 Å². The van der Waals surface area contributed by atoms with Crippen LogP contribution in [0.5, 0.6) is 11.5 Å². The van der Waals surface area contributed by atoms with E-state index in [0.717, 1.165) is 48.3 Å². The fourth-order valence-electron chi connectivity index (χ4n) is 4.85. The predicted octanol–water partition coefficient (Wildman–Crippen LogP) is 4.97. The van der Waals surface area contributed by atoms with Crippen LogP contribution in [0.1, 0.15) is 47.9 Å². The molecule has 0 aromatic heterocycles. The van der Waals surface area contributed by atoms with Gasteiger partial charge in [0.05, 0.1) is 13.2 Å². The van der Waals surface area contributed by atoms with Gasteiger partial charge >= 0.3 is 0 Å². The van der Waals surface area contributed by atoms with Gasteiger partial charge in [-0.3, -0.25) is 0 Å². The number of aliphatic hydroxyl groups excluding tert-OH is 2. The highest BCUT2D eigenvalue weighted by Gasteiger charge is 2.26. The molecule has 0 spiro atoms. The summed E-state index contributed by atoms with van der Waals surface area (Å²) >= 11 is 0. The first-order chi connectivity index (χ1) is 15.6. The van der Waals surface area contributed by atoms with E-state index >= 15 is 0 Å². The average molecular weight is 435 g/mol. The molecule has 2 aliphatic rings. The Hall–Kier alpha value is -2.56. The molecule has 0 amide bonds. The zero-order valence-corrected chi connectivity index (χ0v) is 18.9. The van der Waals surface area contributed by atoms with Gasteiger partial charge in [-0.05, 0) is 96.9 Å². The molecule has 2 aliphatic carbocycles. The normalized spacial score (nSPS) is 14.9. The van der Waals surface area contributed by atoms with E-state index in [4.69, 9.17) is 9.47 Å². The first-order valence-corrected chi connectivity index (χ1v) is 11.7. The van der Waals surface area contributed by atoms with Gasteiger partial charge < -0.3 is 19.7 Å². The summed E-state index contributed by atoms with van der Waals surface area (Å²) in [4.78, 5) is 0. The number of hydrogen-bond acceptors (Lipinski definition) is 4. The van der Waals surface area contributed by atoms with Gasteiger partial charge in [0.1, 0.15) is 24.7 Å². The molecule has 0 unspecified atom stereocenters. The summed E-state index contributed by atoms with van der Waals surface area (Å²) in [6.45, 7) is 8.19. The Morgan fingerprint density at radius 2 is 1.06 bits per heavy atom. The van der Waals surface area contributed by atoms with E-state index in [1.54, 1.807) is 0 Å². The maximum Gasteiger partial charge on any atom is 0.128 e. The molecule has 170 valence electrons. The van der Waals surface area contributed by atoms with E-state index in [2.05, 4.69) is 37.4 Å². The highest BCUT2D eigenvalue weighted by molar-refractivity contribution is 5.83. The number of benzene rings is 2. The smallest absolute Gasteiger partial charge is 0.128 e. The number of aryl methyl sites for hydroxylation is 2. The topological polar surface area (TPSA) is 58.9 Å². The Labute approximate surface area is 191 Å². The monoisotopic (exact) mass is 434 g/mol. The van der Waals surface area contributed by atoms with Gasteiger partial charge in [0, 0.05) is 11.1 Å². The Bertz CT molecular complexity index is 923. The maximum atomic E-state index is 9.41. The number of ether oxygens (including phenoxy) is 2. The van der Waals surface area contributed by atoms with Crippen molar-refractivity contribution in [2.75, 3.05) is 26.4 Å². The lowest BCUT2D eigenvalue weighted by Crippen LogP contribution is -2.13. The van der Waals surface area contributed by atoms with Gasteiger partial charge in [-0.2, -0.15) is 0 Å². The molecule has 0 bridgehead atoms. The first kappa shape index (κ1) is 22.6. The molecule has 0 fully saturated rings. The molecule has 0 aliphatic heterocycles. The maximum absolute atomic E-state index is 9.41. The van der Waals surface area contributed by atoms with Crippen molar-refractivity contribution in [3.8, 4) is 22.6 Å². The molecule has 0 atom stereocenters. The summed E-state index contributed by atoms with van der Waals surface area (Å²) in [7, 11) is 0. The van der Waals surface area contributed by atoms with Gasteiger partial charge in [-0.1, -0.05) is 25.3 Å². The second-order valence-corrected chi connectivity index (χ2v) is 8.96. The van der Waals surface area contributed by atoms with E-state index in [1.165, 1.54) is 47.9 Å². The standard InChI is InChI=1S/C28H34O4/c1-19(15-29)17-31-25-13-11-21-7-3-5-9-23(21)27(25)28-24-10-6-4-8-22(24)12-14-26(28)32-18-20(2)16-30/h11-14,29-30H,1-10,15-18H2. The minimum Gasteiger partial charge on any atom is -0.489 e. The van der Waals surface area contributed by atoms with Gasteiger partial charge in [-0.15, -0.1) is 0 Å². The quantitative estimate of drug-likeness (QED) is 0.548. The number of aliphatic hydroxyl groups is 2. The Morgan fingerprint density at radius 1 is 0.656 bits per heavy atom. The SMILES string of the molecule is C=C(CO)COc1ccc2c(c1-c1c(OCC(=C)CO)ccc3c1CCCC3)CCCC2. The molecule has 0 heterocycles. The zero-order chi connectivity index (χ0) is 22.5. The minimum atomic E-state index is -0.0847. The fraction of sp³-hybridized carbons (Fsp3) is 0.429. The van der Waals surface area contributed by atoms with Crippen LogP contribution in [0.3, 0.4) is 0 Å². The summed E-state index contributed by atoms with van der Waals surface area (Å²) < 4.78 is 12.5. The van der Waals surface area contributed by atoms with Crippen molar-refractivity contribution in [3.63, 3.8) is 0 Å². The highest BCUT2D eigenvalue weighted by atomic mass is 16.5. The van der Waals surface area contributed by atoms with Crippen LogP contribution >= 0.6 is 0 Å². The van der Waals surface area contributed by atoms with E-state index in [1.807, 2.05) is 0 Å². The average Bonchev–Trinajstić information content (AvgIpc) is 2.85. The van der Waals surface area contributed by atoms with Crippen molar-refractivity contribution in [2.24, 2.45) is 0 Å². The molecule has 2 N–H and O–H groups in total. The van der Waals surface area contributed by atoms with Crippen molar-refractivity contribution in [1.82, 2.24) is 0 Å². The van der Waals surface area contributed by atoms with Gasteiger partial charge in [0.15, 0.2) is 0 Å². The van der Waals surface area contributed by atoms with Crippen molar-refractivity contribution < 1.29 is 19.7 Å². The van der Waals surface area contributed by atoms with Crippen LogP contribution in [0.25, 0.3) is 11.1 Å². The lowest BCUT2D eigenvalue weighted by molar-refractivity contribution is 0.286. The molecule has 2 aromatic rings. The Kier molecular flexibility index (Phi) is 7.33. The van der Waals surface area contributed by atoms with Crippen LogP contribution in [-0.4, -0.2) is 36.6 Å². The molecule has 0 saturated heterocycles. The van der Waals surface area contributed by atoms with E-state index in [9.17, 15) is 10.2 Å². The summed E-state index contributed by atoms with van der Waals surface area (Å²) in [6, 6.07) is 8.53. The molecular formula is C28H34O4. The number of rotatable bonds is 9. The summed E-state index contributed by atoms with van der Waals surface area (Å²) in [5.41, 5.74) is 9.06. The Balaban J connectivity index is 1.88. The minimum absolute atomic E-state index is 0.0847. The van der Waals surface area contributed by atoms with Crippen LogP contribution in [0.15, 0.2) is 48.6 Å². The molecular weight excluding hydrogens is 400 g/mol. The van der Waals surface area contributed by atoms with E-state index in [-0.39, 0.29) is 26.4 Å². The molecule has 2 aromatic carbocycles. The Morgan fingerprint density at radius 3 is 1.47 bits per heavy atom. The second-order valence-electron chi connectivity index (χ2n) is 8.96. The van der Waals surface area contributed by atoms with Gasteiger partial charge in [-0.25, -0.2) is 0 Å². The van der Waals surface area contributed by atoms with E-state index in [0.29, 0.717) is 11.1 Å². The first-order valence-electron chi connectivity index (χ1n) is 11.7. The predicted molar refractivity (Wildman–Crippen MR) is 129 cm³/mol. The van der Waals surface area contributed by atoms with Crippen LogP contribution in [0, 0.1) is 0 Å². The van der Waals surface area contributed by atoms with Crippen molar-refractivity contribution in [3.05, 3.63) is 70.8 Å².